The average Bonchev–Trinajstić information content (AvgIpc) is 3.34. The number of hydrogen-bond acceptors (Lipinski definition) is 7. The number of benzene rings is 2. The molecule has 0 saturated carbocycles. The van der Waals surface area contributed by atoms with E-state index in [1.165, 1.54) is 0 Å². The van der Waals surface area contributed by atoms with Crippen LogP contribution in [0.1, 0.15) is 12.8 Å². The molecule has 0 radical (unpaired) electrons. The number of fused-ring (bicyclic) bond motifs is 1. The van der Waals surface area contributed by atoms with Crippen LogP contribution in [0.5, 0.6) is 5.75 Å². The second-order valence-corrected chi connectivity index (χ2v) is 9.18. The van der Waals surface area contributed by atoms with E-state index < -0.39 is 12.1 Å². The number of halogens is 4. The normalized spacial score (nSPS) is 14.1. The number of para-hydroxylation sites is 1. The van der Waals surface area contributed by atoms with E-state index in [1.807, 2.05) is 42.6 Å². The Labute approximate surface area is 226 Å². The zero-order valence-electron chi connectivity index (χ0n) is 20.8. The van der Waals surface area contributed by atoms with Crippen LogP contribution >= 0.6 is 11.6 Å². The van der Waals surface area contributed by atoms with Crippen molar-refractivity contribution in [2.45, 2.75) is 25.1 Å². The average molecular weight is 563 g/mol. The number of rotatable bonds is 5. The van der Waals surface area contributed by atoms with Crippen LogP contribution in [0.3, 0.4) is 0 Å². The van der Waals surface area contributed by atoms with Gasteiger partial charge in [-0.25, -0.2) is 14.8 Å². The predicted octanol–water partition coefficient (Wildman–Crippen LogP) is 5.59. The first kappa shape index (κ1) is 28.0. The molecule has 0 amide bonds. The lowest BCUT2D eigenvalue weighted by atomic mass is 10.1. The van der Waals surface area contributed by atoms with Crippen LogP contribution in [-0.2, 0) is 4.79 Å². The molecule has 2 aromatic heterocycles. The molecular weight excluding hydrogens is 537 g/mol. The fraction of sp³-hybridized carbons (Fsp3) is 0.269. The van der Waals surface area contributed by atoms with Crippen molar-refractivity contribution in [1.29, 1.82) is 0 Å². The summed E-state index contributed by atoms with van der Waals surface area (Å²) in [7, 11) is 1.66. The molecule has 2 aromatic carbocycles. The maximum Gasteiger partial charge on any atom is 0.490 e. The quantitative estimate of drug-likeness (QED) is 0.248. The maximum absolute atomic E-state index is 10.6. The van der Waals surface area contributed by atoms with Crippen molar-refractivity contribution in [3.63, 3.8) is 0 Å². The molecule has 0 bridgehead atoms. The van der Waals surface area contributed by atoms with Crippen LogP contribution in [0.15, 0.2) is 54.9 Å². The summed E-state index contributed by atoms with van der Waals surface area (Å²) < 4.78 is 37.4. The van der Waals surface area contributed by atoms with E-state index in [0.717, 1.165) is 59.5 Å². The number of nitrogens with two attached hydrogens (primary N) is 1. The van der Waals surface area contributed by atoms with E-state index in [9.17, 15) is 13.2 Å². The SMILES string of the molecule is COc1cc(N2CCC(N)CC2)ccc1Nc1ncc(Cl)c(-c2c[nH]c3ccccc23)n1.O=C(O)C(F)(F)F. The molecule has 1 saturated heterocycles. The highest BCUT2D eigenvalue weighted by atomic mass is 35.5. The van der Waals surface area contributed by atoms with Crippen molar-refractivity contribution in [1.82, 2.24) is 15.0 Å². The van der Waals surface area contributed by atoms with Gasteiger partial charge >= 0.3 is 12.1 Å². The van der Waals surface area contributed by atoms with Gasteiger partial charge in [0.05, 0.1) is 29.7 Å². The molecule has 1 fully saturated rings. The van der Waals surface area contributed by atoms with Gasteiger partial charge in [-0.3, -0.25) is 0 Å². The molecule has 5 N–H and O–H groups in total. The van der Waals surface area contributed by atoms with Crippen LogP contribution < -0.4 is 20.7 Å². The number of carboxylic acids is 1. The smallest absolute Gasteiger partial charge is 0.490 e. The highest BCUT2D eigenvalue weighted by Gasteiger charge is 2.38. The topological polar surface area (TPSA) is 129 Å². The number of carbonyl (C=O) groups is 1. The lowest BCUT2D eigenvalue weighted by Gasteiger charge is -2.32. The minimum atomic E-state index is -5.08. The van der Waals surface area contributed by atoms with Gasteiger partial charge in [0, 0.05) is 53.5 Å². The van der Waals surface area contributed by atoms with Gasteiger partial charge in [-0.1, -0.05) is 29.8 Å². The van der Waals surface area contributed by atoms with Gasteiger partial charge in [-0.2, -0.15) is 13.2 Å². The van der Waals surface area contributed by atoms with Crippen LogP contribution in [0.25, 0.3) is 22.2 Å². The predicted molar refractivity (Wildman–Crippen MR) is 144 cm³/mol. The lowest BCUT2D eigenvalue weighted by Crippen LogP contribution is -2.39. The Bertz CT molecular complexity index is 1450. The zero-order chi connectivity index (χ0) is 28.2. The standard InChI is InChI=1S/C24H25ClN6O.C2HF3O2/c1-32-22-12-16(31-10-8-15(26)9-11-31)6-7-21(22)29-24-28-14-19(25)23(30-24)18-13-27-20-5-3-2-4-17(18)20;3-2(4,5)1(6)7/h2-7,12-15,27H,8-11,26H2,1H3,(H,28,29,30);(H,6,7). The number of ether oxygens (including phenoxy) is 1. The Morgan fingerprint density at radius 3 is 2.59 bits per heavy atom. The van der Waals surface area contributed by atoms with Gasteiger partial charge in [-0.05, 0) is 31.0 Å². The summed E-state index contributed by atoms with van der Waals surface area (Å²) in [6, 6.07) is 14.5. The number of alkyl halides is 3. The Balaban J connectivity index is 0.000000448. The number of aliphatic carboxylic acids is 1. The number of anilines is 3. The van der Waals surface area contributed by atoms with Gasteiger partial charge < -0.3 is 30.8 Å². The molecule has 0 atom stereocenters. The second-order valence-electron chi connectivity index (χ2n) is 8.78. The van der Waals surface area contributed by atoms with Gasteiger partial charge in [0.2, 0.25) is 5.95 Å². The number of piperidine rings is 1. The third-order valence-corrected chi connectivity index (χ3v) is 6.44. The van der Waals surface area contributed by atoms with Crippen LogP contribution in [0, 0.1) is 0 Å². The van der Waals surface area contributed by atoms with E-state index in [2.05, 4.69) is 26.3 Å². The fourth-order valence-corrected chi connectivity index (χ4v) is 4.33. The minimum absolute atomic E-state index is 0.294. The van der Waals surface area contributed by atoms with Crippen molar-refractivity contribution < 1.29 is 27.8 Å². The molecule has 9 nitrogen and oxygen atoms in total. The molecule has 5 rings (SSSR count). The first-order valence-corrected chi connectivity index (χ1v) is 12.3. The van der Waals surface area contributed by atoms with Crippen molar-refractivity contribution >= 4 is 45.8 Å². The molecule has 0 aliphatic carbocycles. The van der Waals surface area contributed by atoms with Crippen LogP contribution in [-0.4, -0.2) is 58.4 Å². The minimum Gasteiger partial charge on any atom is -0.494 e. The third-order valence-electron chi connectivity index (χ3n) is 6.17. The first-order chi connectivity index (χ1) is 18.6. The summed E-state index contributed by atoms with van der Waals surface area (Å²) in [6.07, 6.45) is 0.448. The fourth-order valence-electron chi connectivity index (χ4n) is 4.14. The Morgan fingerprint density at radius 2 is 1.92 bits per heavy atom. The molecule has 1 aliphatic heterocycles. The van der Waals surface area contributed by atoms with Crippen molar-refractivity contribution in [3.05, 3.63) is 59.9 Å². The summed E-state index contributed by atoms with van der Waals surface area (Å²) in [6.45, 7) is 1.90. The molecule has 206 valence electrons. The largest absolute Gasteiger partial charge is 0.494 e. The maximum atomic E-state index is 10.6. The van der Waals surface area contributed by atoms with E-state index in [1.54, 1.807) is 13.3 Å². The highest BCUT2D eigenvalue weighted by molar-refractivity contribution is 6.33. The van der Waals surface area contributed by atoms with E-state index in [4.69, 9.17) is 37.0 Å². The van der Waals surface area contributed by atoms with Crippen molar-refractivity contribution in [3.8, 4) is 17.0 Å². The number of nitrogens with one attached hydrogen (secondary N) is 2. The van der Waals surface area contributed by atoms with E-state index in [0.29, 0.717) is 22.7 Å². The van der Waals surface area contributed by atoms with Crippen molar-refractivity contribution in [2.24, 2.45) is 5.73 Å². The Morgan fingerprint density at radius 1 is 1.23 bits per heavy atom. The number of aromatic nitrogens is 3. The number of H-pyrrole nitrogens is 1. The Kier molecular flexibility index (Phi) is 8.46. The molecule has 1 aliphatic rings. The number of hydrogen-bond donors (Lipinski definition) is 4. The summed E-state index contributed by atoms with van der Waals surface area (Å²) in [5, 5.41) is 12.0. The molecule has 0 spiro atoms. The number of aromatic amines is 1. The zero-order valence-corrected chi connectivity index (χ0v) is 21.6. The summed E-state index contributed by atoms with van der Waals surface area (Å²) in [5.41, 5.74) is 10.6. The van der Waals surface area contributed by atoms with Gasteiger partial charge in [-0.15, -0.1) is 0 Å². The monoisotopic (exact) mass is 562 g/mol. The first-order valence-electron chi connectivity index (χ1n) is 11.9. The molecule has 39 heavy (non-hydrogen) atoms. The number of nitrogens with zero attached hydrogens (tertiary/aromatic N) is 3. The molecule has 0 unspecified atom stereocenters. The van der Waals surface area contributed by atoms with E-state index in [-0.39, 0.29) is 0 Å². The lowest BCUT2D eigenvalue weighted by molar-refractivity contribution is -0.192. The summed E-state index contributed by atoms with van der Waals surface area (Å²) >= 11 is 6.46. The summed E-state index contributed by atoms with van der Waals surface area (Å²) in [4.78, 5) is 23.6. The number of methoxy groups -OCH3 is 1. The number of carboxylic acid groups (broad SMARTS) is 1. The van der Waals surface area contributed by atoms with Crippen molar-refractivity contribution in [2.75, 3.05) is 30.4 Å². The molecule has 4 aromatic rings. The molecular formula is C26H26ClF3N6O3. The highest BCUT2D eigenvalue weighted by Crippen LogP contribution is 2.35. The Hall–Kier alpha value is -4.03. The van der Waals surface area contributed by atoms with Gasteiger partial charge in [0.1, 0.15) is 5.75 Å². The molecule has 3 heterocycles. The molecule has 13 heteroatoms. The van der Waals surface area contributed by atoms with Crippen LogP contribution in [0.4, 0.5) is 30.5 Å². The summed E-state index contributed by atoms with van der Waals surface area (Å²) in [5.74, 6) is -1.58. The second kappa shape index (κ2) is 11.8. The third kappa shape index (κ3) is 6.70. The van der Waals surface area contributed by atoms with Gasteiger partial charge in [0.15, 0.2) is 0 Å². The van der Waals surface area contributed by atoms with Crippen LogP contribution in [0.2, 0.25) is 5.02 Å². The van der Waals surface area contributed by atoms with E-state index >= 15 is 0 Å². The van der Waals surface area contributed by atoms with Gasteiger partial charge in [0.25, 0.3) is 0 Å².